The van der Waals surface area contributed by atoms with Crippen molar-refractivity contribution in [3.63, 3.8) is 0 Å². The second-order valence-corrected chi connectivity index (χ2v) is 8.26. The SMILES string of the molecule is CC1(C)COCCN1CC(=O)NN.CCO.CCOC(=O)CN1CCOCC1(C)C.NN. The molecule has 1 amide bonds. The van der Waals surface area contributed by atoms with Crippen LogP contribution in [0.15, 0.2) is 0 Å². The van der Waals surface area contributed by atoms with Crippen LogP contribution < -0.4 is 23.0 Å². The van der Waals surface area contributed by atoms with E-state index < -0.39 is 0 Å². The molecule has 0 aromatic rings. The zero-order valence-corrected chi connectivity index (χ0v) is 20.7. The van der Waals surface area contributed by atoms with E-state index in [-0.39, 0.29) is 29.6 Å². The van der Waals surface area contributed by atoms with Gasteiger partial charge in [-0.2, -0.15) is 0 Å². The van der Waals surface area contributed by atoms with Crippen molar-refractivity contribution in [2.45, 2.75) is 52.6 Å². The summed E-state index contributed by atoms with van der Waals surface area (Å²) in [6.45, 7) is 17.4. The second kappa shape index (κ2) is 18.1. The highest BCUT2D eigenvalue weighted by Gasteiger charge is 2.32. The van der Waals surface area contributed by atoms with Crippen LogP contribution in [0, 0.1) is 0 Å². The summed E-state index contributed by atoms with van der Waals surface area (Å²) in [6.07, 6.45) is 0. The molecule has 2 aliphatic rings. The number of aliphatic hydroxyl groups is 1. The smallest absolute Gasteiger partial charge is 0.320 e. The van der Waals surface area contributed by atoms with Crippen LogP contribution in [0.2, 0.25) is 0 Å². The summed E-state index contributed by atoms with van der Waals surface area (Å²) < 4.78 is 15.6. The predicted molar refractivity (Wildman–Crippen MR) is 123 cm³/mol. The summed E-state index contributed by atoms with van der Waals surface area (Å²) in [5, 5.41) is 7.57. The number of carbonyl (C=O) groups is 2. The van der Waals surface area contributed by atoms with E-state index >= 15 is 0 Å². The van der Waals surface area contributed by atoms with Gasteiger partial charge in [0.15, 0.2) is 0 Å². The number of amides is 1. The monoisotopic (exact) mass is 466 g/mol. The lowest BCUT2D eigenvalue weighted by molar-refractivity contribution is -0.149. The number of aliphatic hydroxyl groups excluding tert-OH is 1. The number of ether oxygens (including phenoxy) is 3. The van der Waals surface area contributed by atoms with E-state index in [1.807, 2.05) is 6.92 Å². The Hall–Kier alpha value is -1.38. The number of nitrogens with two attached hydrogens (primary N) is 3. The first-order chi connectivity index (χ1) is 15.0. The first-order valence-corrected chi connectivity index (χ1v) is 10.8. The summed E-state index contributed by atoms with van der Waals surface area (Å²) in [6, 6.07) is 0. The fraction of sp³-hybridized carbons (Fsp3) is 0.900. The van der Waals surface area contributed by atoms with Crippen LogP contribution >= 0.6 is 0 Å². The molecular formula is C20H46N6O6. The number of nitrogens with one attached hydrogen (secondary N) is 1. The van der Waals surface area contributed by atoms with Gasteiger partial charge < -0.3 is 19.3 Å². The van der Waals surface area contributed by atoms with E-state index in [0.717, 1.165) is 13.1 Å². The first kappa shape index (κ1) is 32.8. The molecule has 0 aliphatic carbocycles. The number of hydrazine groups is 2. The largest absolute Gasteiger partial charge is 0.465 e. The van der Waals surface area contributed by atoms with Crippen molar-refractivity contribution in [3.05, 3.63) is 0 Å². The van der Waals surface area contributed by atoms with Gasteiger partial charge in [0, 0.05) is 30.8 Å². The molecule has 2 aliphatic heterocycles. The van der Waals surface area contributed by atoms with Gasteiger partial charge in [-0.25, -0.2) is 5.84 Å². The topological polar surface area (TPSA) is 179 Å². The van der Waals surface area contributed by atoms with Crippen LogP contribution in [-0.4, -0.2) is 104 Å². The van der Waals surface area contributed by atoms with Gasteiger partial charge in [0.25, 0.3) is 0 Å². The normalized spacial score (nSPS) is 19.6. The van der Waals surface area contributed by atoms with E-state index in [0.29, 0.717) is 46.1 Å². The molecule has 2 saturated heterocycles. The van der Waals surface area contributed by atoms with Gasteiger partial charge in [0.05, 0.1) is 46.1 Å². The average Bonchev–Trinajstić information content (AvgIpc) is 2.74. The van der Waals surface area contributed by atoms with Gasteiger partial charge in [-0.05, 0) is 41.5 Å². The fourth-order valence-electron chi connectivity index (χ4n) is 2.95. The van der Waals surface area contributed by atoms with Crippen LogP contribution in [0.1, 0.15) is 41.5 Å². The van der Waals surface area contributed by atoms with Gasteiger partial charge in [-0.15, -0.1) is 0 Å². The first-order valence-electron chi connectivity index (χ1n) is 10.8. The van der Waals surface area contributed by atoms with Gasteiger partial charge in [-0.3, -0.25) is 36.5 Å². The third kappa shape index (κ3) is 13.9. The number of hydrogen-bond donors (Lipinski definition) is 5. The zero-order chi connectivity index (χ0) is 25.2. The molecule has 0 atom stereocenters. The van der Waals surface area contributed by atoms with E-state index in [4.69, 9.17) is 25.2 Å². The van der Waals surface area contributed by atoms with E-state index in [1.165, 1.54) is 0 Å². The summed E-state index contributed by atoms with van der Waals surface area (Å²) in [5.74, 6) is 12.7. The molecule has 2 rings (SSSR count). The number of nitrogens with zero attached hydrogens (tertiary/aromatic N) is 2. The quantitative estimate of drug-likeness (QED) is 0.139. The van der Waals surface area contributed by atoms with Crippen LogP contribution in [0.5, 0.6) is 0 Å². The Morgan fingerprint density at radius 2 is 1.38 bits per heavy atom. The molecule has 192 valence electrons. The Morgan fingerprint density at radius 1 is 0.969 bits per heavy atom. The number of carbonyl (C=O) groups excluding carboxylic acids is 2. The Labute approximate surface area is 192 Å². The molecule has 0 bridgehead atoms. The molecule has 8 N–H and O–H groups in total. The van der Waals surface area contributed by atoms with Crippen molar-refractivity contribution in [1.82, 2.24) is 15.2 Å². The Kier molecular flexibility index (Phi) is 18.5. The average molecular weight is 467 g/mol. The molecule has 0 aromatic heterocycles. The number of morpholine rings is 2. The molecule has 12 nitrogen and oxygen atoms in total. The summed E-state index contributed by atoms with van der Waals surface area (Å²) in [4.78, 5) is 26.5. The molecule has 0 spiro atoms. The molecule has 2 heterocycles. The van der Waals surface area contributed by atoms with E-state index in [2.05, 4.69) is 54.6 Å². The molecule has 32 heavy (non-hydrogen) atoms. The van der Waals surface area contributed by atoms with E-state index in [9.17, 15) is 9.59 Å². The zero-order valence-electron chi connectivity index (χ0n) is 20.7. The fourth-order valence-corrected chi connectivity index (χ4v) is 2.95. The van der Waals surface area contributed by atoms with Gasteiger partial charge >= 0.3 is 5.97 Å². The molecule has 0 unspecified atom stereocenters. The van der Waals surface area contributed by atoms with Gasteiger partial charge in [0.1, 0.15) is 0 Å². The minimum Gasteiger partial charge on any atom is -0.465 e. The molecular weight excluding hydrogens is 420 g/mol. The minimum absolute atomic E-state index is 0.0645. The lowest BCUT2D eigenvalue weighted by Crippen LogP contribution is -2.56. The highest BCUT2D eigenvalue weighted by Crippen LogP contribution is 2.19. The summed E-state index contributed by atoms with van der Waals surface area (Å²) >= 11 is 0. The maximum atomic E-state index is 11.3. The molecule has 0 saturated carbocycles. The Morgan fingerprint density at radius 3 is 1.72 bits per heavy atom. The second-order valence-electron chi connectivity index (χ2n) is 8.26. The standard InChI is InChI=1S/C10H19NO3.C8H17N3O2.C2H6O.H4N2/c1-4-14-9(12)7-11-5-6-13-8-10(11,2)3;1-8(2)6-13-4-3-11(8)5-7(12)10-9;1-2-3;1-2/h4-8H2,1-3H3;3-6,9H2,1-2H3,(H,10,12);3H,2H2,1H3;1-2H2. The number of rotatable bonds is 5. The third-order valence-electron chi connectivity index (χ3n) is 4.75. The van der Waals surface area contributed by atoms with Crippen molar-refractivity contribution in [1.29, 1.82) is 0 Å². The predicted octanol–water partition coefficient (Wildman–Crippen LogP) is -1.44. The molecule has 0 radical (unpaired) electrons. The molecule has 0 aromatic carbocycles. The van der Waals surface area contributed by atoms with Crippen molar-refractivity contribution >= 4 is 11.9 Å². The van der Waals surface area contributed by atoms with Gasteiger partial charge in [-0.1, -0.05) is 0 Å². The lowest BCUT2D eigenvalue weighted by atomic mass is 10.0. The van der Waals surface area contributed by atoms with Crippen LogP contribution in [0.25, 0.3) is 0 Å². The summed E-state index contributed by atoms with van der Waals surface area (Å²) in [7, 11) is 0. The lowest BCUT2D eigenvalue weighted by Gasteiger charge is -2.41. The van der Waals surface area contributed by atoms with Crippen molar-refractivity contribution < 1.29 is 28.9 Å². The minimum atomic E-state index is -0.157. The van der Waals surface area contributed by atoms with Crippen LogP contribution in [0.3, 0.4) is 0 Å². The molecule has 2 fully saturated rings. The van der Waals surface area contributed by atoms with Crippen LogP contribution in [-0.2, 0) is 23.8 Å². The third-order valence-corrected chi connectivity index (χ3v) is 4.75. The maximum Gasteiger partial charge on any atom is 0.320 e. The van der Waals surface area contributed by atoms with Crippen molar-refractivity contribution in [2.75, 3.05) is 65.8 Å². The van der Waals surface area contributed by atoms with Gasteiger partial charge in [0.2, 0.25) is 5.91 Å². The molecule has 12 heteroatoms. The highest BCUT2D eigenvalue weighted by atomic mass is 16.5. The Bertz CT molecular complexity index is 507. The number of esters is 1. The maximum absolute atomic E-state index is 11.3. The Balaban J connectivity index is 0. The summed E-state index contributed by atoms with van der Waals surface area (Å²) in [5.41, 5.74) is 1.99. The van der Waals surface area contributed by atoms with Crippen molar-refractivity contribution in [3.8, 4) is 0 Å². The van der Waals surface area contributed by atoms with Crippen molar-refractivity contribution in [2.24, 2.45) is 17.5 Å². The van der Waals surface area contributed by atoms with Crippen LogP contribution in [0.4, 0.5) is 0 Å². The number of hydrogen-bond acceptors (Lipinski definition) is 11. The highest BCUT2D eigenvalue weighted by molar-refractivity contribution is 5.77. The van der Waals surface area contributed by atoms with E-state index in [1.54, 1.807) is 6.92 Å².